The summed E-state index contributed by atoms with van der Waals surface area (Å²) in [4.78, 5) is 0. The molecule has 0 radical (unpaired) electrons. The Hall–Kier alpha value is -2.70. The molecule has 0 fully saturated rings. The first-order chi connectivity index (χ1) is 8.93. The molecule has 18 heavy (non-hydrogen) atoms. The number of H-pyrrole nitrogens is 1. The van der Waals surface area contributed by atoms with E-state index in [1.165, 1.54) is 0 Å². The van der Waals surface area contributed by atoms with Gasteiger partial charge in [0, 0.05) is 6.20 Å². The van der Waals surface area contributed by atoms with E-state index in [2.05, 4.69) is 31.0 Å². The van der Waals surface area contributed by atoms with E-state index in [4.69, 9.17) is 0 Å². The lowest BCUT2D eigenvalue weighted by Gasteiger charge is -2.05. The van der Waals surface area contributed by atoms with Crippen LogP contribution in [0.5, 0.6) is 0 Å². The smallest absolute Gasteiger partial charge is 0.248 e. The Balaban J connectivity index is 1.80. The van der Waals surface area contributed by atoms with E-state index in [-0.39, 0.29) is 0 Å². The Morgan fingerprint density at radius 2 is 2.06 bits per heavy atom. The Morgan fingerprint density at radius 3 is 2.83 bits per heavy atom. The predicted molar refractivity (Wildman–Crippen MR) is 65.1 cm³/mol. The third-order valence-electron chi connectivity index (χ3n) is 2.47. The van der Waals surface area contributed by atoms with Gasteiger partial charge in [-0.3, -0.25) is 5.10 Å². The summed E-state index contributed by atoms with van der Waals surface area (Å²) >= 11 is 0. The van der Waals surface area contributed by atoms with Gasteiger partial charge < -0.3 is 5.32 Å². The summed E-state index contributed by atoms with van der Waals surface area (Å²) in [5.41, 5.74) is 1.88. The maximum absolute atomic E-state index is 3.95. The lowest BCUT2D eigenvalue weighted by Crippen LogP contribution is -2.07. The number of aromatic amines is 1. The fourth-order valence-electron chi connectivity index (χ4n) is 1.60. The number of hydrogen-bond donors (Lipinski definition) is 2. The number of nitrogens with zero attached hydrogens (tertiary/aromatic N) is 5. The van der Waals surface area contributed by atoms with Crippen molar-refractivity contribution in [3.05, 3.63) is 48.3 Å². The number of benzene rings is 1. The normalized spacial score (nSPS) is 10.4. The fraction of sp³-hybridized carbons (Fsp3) is 0.0909. The molecule has 3 rings (SSSR count). The van der Waals surface area contributed by atoms with E-state index >= 15 is 0 Å². The minimum Gasteiger partial charge on any atom is -0.347 e. The van der Waals surface area contributed by atoms with Crippen molar-refractivity contribution < 1.29 is 0 Å². The highest BCUT2D eigenvalue weighted by Crippen LogP contribution is 2.10. The fourth-order valence-corrected chi connectivity index (χ4v) is 1.60. The van der Waals surface area contributed by atoms with Crippen molar-refractivity contribution in [1.29, 1.82) is 0 Å². The van der Waals surface area contributed by atoms with Gasteiger partial charge in [0.05, 0.1) is 17.9 Å². The highest BCUT2D eigenvalue weighted by Gasteiger charge is 2.07. The van der Waals surface area contributed by atoms with Crippen LogP contribution in [0.4, 0.5) is 5.95 Å². The zero-order valence-electron chi connectivity index (χ0n) is 9.48. The van der Waals surface area contributed by atoms with E-state index in [1.54, 1.807) is 10.9 Å². The number of para-hydroxylation sites is 1. The average Bonchev–Trinajstić information content (AvgIpc) is 3.09. The molecule has 3 aromatic rings. The highest BCUT2D eigenvalue weighted by atomic mass is 15.6. The van der Waals surface area contributed by atoms with Crippen LogP contribution in [0, 0.1) is 0 Å². The molecule has 7 nitrogen and oxygen atoms in total. The molecular weight excluding hydrogens is 230 g/mol. The van der Waals surface area contributed by atoms with Gasteiger partial charge in [-0.05, 0) is 28.6 Å². The van der Waals surface area contributed by atoms with Crippen LogP contribution >= 0.6 is 0 Å². The Labute approximate surface area is 103 Å². The van der Waals surface area contributed by atoms with Crippen LogP contribution in [0.3, 0.4) is 0 Å². The van der Waals surface area contributed by atoms with E-state index in [1.807, 2.05) is 36.4 Å². The van der Waals surface area contributed by atoms with Crippen LogP contribution < -0.4 is 5.32 Å². The molecule has 2 N–H and O–H groups in total. The molecule has 0 saturated carbocycles. The number of aromatic nitrogens is 6. The predicted octanol–water partition coefficient (Wildman–Crippen LogP) is 0.997. The summed E-state index contributed by atoms with van der Waals surface area (Å²) in [5, 5.41) is 21.5. The minimum atomic E-state index is 0.590. The van der Waals surface area contributed by atoms with E-state index in [9.17, 15) is 0 Å². The summed E-state index contributed by atoms with van der Waals surface area (Å²) in [6.45, 7) is 0.590. The molecule has 7 heteroatoms. The number of hydrogen-bond acceptors (Lipinski definition) is 5. The molecule has 0 spiro atoms. The monoisotopic (exact) mass is 241 g/mol. The largest absolute Gasteiger partial charge is 0.347 e. The number of tetrazole rings is 1. The standard InChI is InChI=1S/C11H11N7/c1-2-4-10(5-3-1)18-11(15-16-17-18)12-8-9-6-7-13-14-9/h1-7H,8H2,(H,13,14)(H,12,15,17). The van der Waals surface area contributed by atoms with Gasteiger partial charge in [-0.25, -0.2) is 0 Å². The molecular formula is C11H11N7. The maximum Gasteiger partial charge on any atom is 0.248 e. The van der Waals surface area contributed by atoms with Crippen molar-refractivity contribution in [2.24, 2.45) is 0 Å². The number of rotatable bonds is 4. The Morgan fingerprint density at radius 1 is 1.17 bits per heavy atom. The van der Waals surface area contributed by atoms with Crippen LogP contribution in [0.2, 0.25) is 0 Å². The van der Waals surface area contributed by atoms with Crippen molar-refractivity contribution in [3.8, 4) is 5.69 Å². The molecule has 0 unspecified atom stereocenters. The lowest BCUT2D eigenvalue weighted by atomic mass is 10.3. The SMILES string of the molecule is c1ccc(-n2nnnc2NCc2ccn[nH]2)cc1. The molecule has 0 aliphatic carbocycles. The molecule has 0 aliphatic rings. The highest BCUT2D eigenvalue weighted by molar-refractivity contribution is 5.38. The van der Waals surface area contributed by atoms with Crippen LogP contribution in [-0.2, 0) is 6.54 Å². The number of anilines is 1. The second kappa shape index (κ2) is 4.66. The van der Waals surface area contributed by atoms with E-state index in [0.29, 0.717) is 12.5 Å². The van der Waals surface area contributed by atoms with Gasteiger partial charge in [0.1, 0.15) is 0 Å². The summed E-state index contributed by atoms with van der Waals surface area (Å²) in [6.07, 6.45) is 1.71. The first kappa shape index (κ1) is 10.5. The second-order valence-electron chi connectivity index (χ2n) is 3.69. The molecule has 90 valence electrons. The molecule has 0 amide bonds. The van der Waals surface area contributed by atoms with E-state index < -0.39 is 0 Å². The maximum atomic E-state index is 3.95. The Kier molecular flexibility index (Phi) is 2.71. The van der Waals surface area contributed by atoms with Crippen molar-refractivity contribution in [2.75, 3.05) is 5.32 Å². The van der Waals surface area contributed by atoms with Crippen molar-refractivity contribution in [1.82, 2.24) is 30.4 Å². The second-order valence-corrected chi connectivity index (χ2v) is 3.69. The summed E-state index contributed by atoms with van der Waals surface area (Å²) in [6, 6.07) is 11.6. The number of nitrogens with one attached hydrogen (secondary N) is 2. The van der Waals surface area contributed by atoms with Gasteiger partial charge in [0.25, 0.3) is 0 Å². The molecule has 0 atom stereocenters. The van der Waals surface area contributed by atoms with Gasteiger partial charge in [0.2, 0.25) is 5.95 Å². The molecule has 0 aliphatic heterocycles. The first-order valence-corrected chi connectivity index (χ1v) is 5.49. The van der Waals surface area contributed by atoms with E-state index in [0.717, 1.165) is 11.4 Å². The van der Waals surface area contributed by atoms with Gasteiger partial charge in [0.15, 0.2) is 0 Å². The van der Waals surface area contributed by atoms with Crippen molar-refractivity contribution >= 4 is 5.95 Å². The topological polar surface area (TPSA) is 84.3 Å². The van der Waals surface area contributed by atoms with Gasteiger partial charge in [-0.1, -0.05) is 23.3 Å². The van der Waals surface area contributed by atoms with Gasteiger partial charge >= 0.3 is 0 Å². The summed E-state index contributed by atoms with van der Waals surface area (Å²) in [7, 11) is 0. The zero-order chi connectivity index (χ0) is 12.2. The van der Waals surface area contributed by atoms with Crippen molar-refractivity contribution in [2.45, 2.75) is 6.54 Å². The Bertz CT molecular complexity index is 599. The quantitative estimate of drug-likeness (QED) is 0.711. The molecule has 1 aromatic carbocycles. The summed E-state index contributed by atoms with van der Waals surface area (Å²) < 4.78 is 1.65. The first-order valence-electron chi connectivity index (χ1n) is 5.49. The van der Waals surface area contributed by atoms with Crippen LogP contribution in [0.1, 0.15) is 5.69 Å². The molecule has 0 saturated heterocycles. The lowest BCUT2D eigenvalue weighted by molar-refractivity contribution is 0.788. The molecule has 0 bridgehead atoms. The minimum absolute atomic E-state index is 0.590. The van der Waals surface area contributed by atoms with Crippen LogP contribution in [-0.4, -0.2) is 30.4 Å². The summed E-state index contributed by atoms with van der Waals surface area (Å²) in [5.74, 6) is 0.593. The zero-order valence-corrected chi connectivity index (χ0v) is 9.48. The van der Waals surface area contributed by atoms with Crippen molar-refractivity contribution in [3.63, 3.8) is 0 Å². The molecule has 2 aromatic heterocycles. The average molecular weight is 241 g/mol. The van der Waals surface area contributed by atoms with Crippen LogP contribution in [0.15, 0.2) is 42.6 Å². The molecule has 2 heterocycles. The van der Waals surface area contributed by atoms with Crippen LogP contribution in [0.25, 0.3) is 5.69 Å². The third kappa shape index (κ3) is 2.05. The van der Waals surface area contributed by atoms with Gasteiger partial charge in [-0.2, -0.15) is 9.78 Å². The third-order valence-corrected chi connectivity index (χ3v) is 2.47. The van der Waals surface area contributed by atoms with Gasteiger partial charge in [-0.15, -0.1) is 0 Å².